The molecule has 1 aromatic rings. The average molecular weight is 293 g/mol. The van der Waals surface area contributed by atoms with Crippen molar-refractivity contribution < 1.29 is 9.53 Å². The Balaban J connectivity index is 2.05. The maximum Gasteiger partial charge on any atom is 0.334 e. The van der Waals surface area contributed by atoms with E-state index in [-0.39, 0.29) is 5.97 Å². The van der Waals surface area contributed by atoms with Crippen LogP contribution in [-0.2, 0) is 9.53 Å². The third-order valence-corrected chi connectivity index (χ3v) is 3.91. The normalized spacial score (nSPS) is 15.1. The lowest BCUT2D eigenvalue weighted by atomic mass is 10.2. The third-order valence-electron chi connectivity index (χ3n) is 2.60. The molecule has 98 valence electrons. The molecule has 1 aliphatic rings. The van der Waals surface area contributed by atoms with Crippen molar-refractivity contribution in [1.29, 1.82) is 0 Å². The quantitative estimate of drug-likeness (QED) is 0.785. The molecule has 2 rings (SSSR count). The zero-order valence-electron chi connectivity index (χ0n) is 10.4. The molecule has 0 aromatic heterocycles. The number of methoxy groups -OCH3 is 1. The van der Waals surface area contributed by atoms with Gasteiger partial charge in [0.1, 0.15) is 0 Å². The molecule has 1 aliphatic heterocycles. The van der Waals surface area contributed by atoms with Gasteiger partial charge in [0.25, 0.3) is 0 Å². The predicted molar refractivity (Wildman–Crippen MR) is 81.1 cm³/mol. The van der Waals surface area contributed by atoms with Gasteiger partial charge >= 0.3 is 5.97 Å². The van der Waals surface area contributed by atoms with Gasteiger partial charge in [-0.25, -0.2) is 4.79 Å². The number of esters is 1. The molecule has 2 nitrogen and oxygen atoms in total. The lowest BCUT2D eigenvalue weighted by Crippen LogP contribution is -2.08. The van der Waals surface area contributed by atoms with E-state index in [9.17, 15) is 4.79 Å². The van der Waals surface area contributed by atoms with Crippen LogP contribution in [0.2, 0.25) is 5.02 Å². The van der Waals surface area contributed by atoms with Crippen LogP contribution in [0.1, 0.15) is 5.56 Å². The SMILES string of the molecule is COC(=O)C1=CC=C(/C=C/c2ccc(Cl)cc2)SC1. The molecule has 4 heteroatoms. The van der Waals surface area contributed by atoms with Crippen LogP contribution in [0.15, 0.2) is 53.0 Å². The van der Waals surface area contributed by atoms with E-state index in [1.54, 1.807) is 11.8 Å². The van der Waals surface area contributed by atoms with Gasteiger partial charge in [-0.05, 0) is 35.9 Å². The second kappa shape index (κ2) is 6.64. The van der Waals surface area contributed by atoms with Crippen LogP contribution in [0.4, 0.5) is 0 Å². The fourth-order valence-electron chi connectivity index (χ4n) is 1.55. The Kier molecular flexibility index (Phi) is 4.88. The largest absolute Gasteiger partial charge is 0.466 e. The van der Waals surface area contributed by atoms with Crippen molar-refractivity contribution >= 4 is 35.4 Å². The highest BCUT2D eigenvalue weighted by Crippen LogP contribution is 2.26. The molecule has 0 bridgehead atoms. The fourth-order valence-corrected chi connectivity index (χ4v) is 2.54. The van der Waals surface area contributed by atoms with Gasteiger partial charge < -0.3 is 4.74 Å². The van der Waals surface area contributed by atoms with Crippen molar-refractivity contribution in [2.24, 2.45) is 0 Å². The first-order chi connectivity index (χ1) is 9.19. The number of ether oxygens (including phenoxy) is 1. The zero-order valence-corrected chi connectivity index (χ0v) is 12.0. The number of halogens is 1. The van der Waals surface area contributed by atoms with E-state index in [0.29, 0.717) is 11.3 Å². The minimum atomic E-state index is -0.260. The molecule has 19 heavy (non-hydrogen) atoms. The van der Waals surface area contributed by atoms with Crippen molar-refractivity contribution in [2.75, 3.05) is 12.9 Å². The number of benzene rings is 1. The van der Waals surface area contributed by atoms with Crippen molar-refractivity contribution in [1.82, 2.24) is 0 Å². The smallest absolute Gasteiger partial charge is 0.334 e. The van der Waals surface area contributed by atoms with Crippen LogP contribution in [0.25, 0.3) is 6.08 Å². The number of allylic oxidation sites excluding steroid dienone is 3. The fraction of sp³-hybridized carbons (Fsp3) is 0.133. The van der Waals surface area contributed by atoms with E-state index in [2.05, 4.69) is 4.74 Å². The summed E-state index contributed by atoms with van der Waals surface area (Å²) in [6, 6.07) is 7.64. The molecule has 0 fully saturated rings. The Labute approximate surface area is 121 Å². The van der Waals surface area contributed by atoms with E-state index in [1.807, 2.05) is 48.6 Å². The lowest BCUT2D eigenvalue weighted by molar-refractivity contribution is -0.135. The molecule has 0 spiro atoms. The zero-order chi connectivity index (χ0) is 13.7. The summed E-state index contributed by atoms with van der Waals surface area (Å²) < 4.78 is 4.69. The van der Waals surface area contributed by atoms with Crippen LogP contribution in [0.3, 0.4) is 0 Å². The molecular weight excluding hydrogens is 280 g/mol. The summed E-state index contributed by atoms with van der Waals surface area (Å²) in [6.45, 7) is 0. The summed E-state index contributed by atoms with van der Waals surface area (Å²) >= 11 is 7.45. The molecule has 0 saturated carbocycles. The highest BCUT2D eigenvalue weighted by Gasteiger charge is 2.12. The molecule has 0 radical (unpaired) electrons. The van der Waals surface area contributed by atoms with E-state index in [4.69, 9.17) is 11.6 Å². The van der Waals surface area contributed by atoms with Crippen molar-refractivity contribution in [3.8, 4) is 0 Å². The molecule has 0 atom stereocenters. The lowest BCUT2D eigenvalue weighted by Gasteiger charge is -2.09. The van der Waals surface area contributed by atoms with E-state index in [1.165, 1.54) is 7.11 Å². The predicted octanol–water partition coefficient (Wildman–Crippen LogP) is 4.08. The van der Waals surface area contributed by atoms with E-state index >= 15 is 0 Å². The van der Waals surface area contributed by atoms with Crippen LogP contribution in [-0.4, -0.2) is 18.8 Å². The average Bonchev–Trinajstić information content (AvgIpc) is 2.46. The summed E-state index contributed by atoms with van der Waals surface area (Å²) in [4.78, 5) is 12.4. The molecule has 0 amide bonds. The standard InChI is InChI=1S/C15H13ClO2S/c1-18-15(17)12-5-9-14(19-10-12)8-4-11-2-6-13(16)7-3-11/h2-9H,10H2,1H3/b8-4+. The first-order valence-corrected chi connectivity index (χ1v) is 7.11. The van der Waals surface area contributed by atoms with Crippen molar-refractivity contribution in [2.45, 2.75) is 0 Å². The summed E-state index contributed by atoms with van der Waals surface area (Å²) in [7, 11) is 1.40. The Hall–Kier alpha value is -1.45. The highest BCUT2D eigenvalue weighted by molar-refractivity contribution is 8.03. The second-order valence-corrected chi connectivity index (χ2v) is 5.41. The summed E-state index contributed by atoms with van der Waals surface area (Å²) in [5.74, 6) is 0.383. The summed E-state index contributed by atoms with van der Waals surface area (Å²) in [5.41, 5.74) is 1.78. The Bertz CT molecular complexity index is 556. The van der Waals surface area contributed by atoms with E-state index < -0.39 is 0 Å². The van der Waals surface area contributed by atoms with Gasteiger partial charge in [0.05, 0.1) is 7.11 Å². The Morgan fingerprint density at radius 3 is 2.58 bits per heavy atom. The molecule has 1 heterocycles. The second-order valence-electron chi connectivity index (χ2n) is 3.93. The first kappa shape index (κ1) is 14.0. The van der Waals surface area contributed by atoms with Gasteiger partial charge in [-0.1, -0.05) is 29.8 Å². The Morgan fingerprint density at radius 2 is 2.00 bits per heavy atom. The van der Waals surface area contributed by atoms with Crippen LogP contribution >= 0.6 is 23.4 Å². The van der Waals surface area contributed by atoms with Gasteiger partial charge in [0, 0.05) is 21.3 Å². The number of hydrogen-bond donors (Lipinski definition) is 0. The van der Waals surface area contributed by atoms with Gasteiger partial charge in [-0.2, -0.15) is 0 Å². The van der Waals surface area contributed by atoms with Gasteiger partial charge in [-0.15, -0.1) is 11.8 Å². The number of rotatable bonds is 3. The van der Waals surface area contributed by atoms with Crippen LogP contribution in [0.5, 0.6) is 0 Å². The van der Waals surface area contributed by atoms with Gasteiger partial charge in [0.15, 0.2) is 0 Å². The van der Waals surface area contributed by atoms with Crippen molar-refractivity contribution in [3.05, 3.63) is 63.6 Å². The number of carbonyl (C=O) groups excluding carboxylic acids is 1. The van der Waals surface area contributed by atoms with Crippen molar-refractivity contribution in [3.63, 3.8) is 0 Å². The monoisotopic (exact) mass is 292 g/mol. The molecule has 0 unspecified atom stereocenters. The third kappa shape index (κ3) is 4.01. The van der Waals surface area contributed by atoms with E-state index in [0.717, 1.165) is 15.5 Å². The number of carbonyl (C=O) groups is 1. The molecule has 0 saturated heterocycles. The maximum absolute atomic E-state index is 11.3. The number of hydrogen-bond acceptors (Lipinski definition) is 3. The minimum absolute atomic E-state index is 0.260. The summed E-state index contributed by atoms with van der Waals surface area (Å²) in [5, 5.41) is 0.731. The topological polar surface area (TPSA) is 26.3 Å². The van der Waals surface area contributed by atoms with Crippen LogP contribution < -0.4 is 0 Å². The maximum atomic E-state index is 11.3. The summed E-state index contributed by atoms with van der Waals surface area (Å²) in [6.07, 6.45) is 7.78. The number of thioether (sulfide) groups is 1. The highest BCUT2D eigenvalue weighted by atomic mass is 35.5. The molecule has 0 N–H and O–H groups in total. The van der Waals surface area contributed by atoms with Crippen LogP contribution in [0, 0.1) is 0 Å². The molecule has 0 aliphatic carbocycles. The van der Waals surface area contributed by atoms with Gasteiger partial charge in [0.2, 0.25) is 0 Å². The molecular formula is C15H13ClO2S. The minimum Gasteiger partial charge on any atom is -0.466 e. The Morgan fingerprint density at radius 1 is 1.26 bits per heavy atom. The van der Waals surface area contributed by atoms with Gasteiger partial charge in [-0.3, -0.25) is 0 Å². The first-order valence-electron chi connectivity index (χ1n) is 5.74. The molecule has 1 aromatic carbocycles.